The van der Waals surface area contributed by atoms with Gasteiger partial charge < -0.3 is 10.8 Å². The summed E-state index contributed by atoms with van der Waals surface area (Å²) in [5.41, 5.74) is 7.16. The monoisotopic (exact) mass is 195 g/mol. The highest BCUT2D eigenvalue weighted by Crippen LogP contribution is 2.14. The number of aromatic nitrogens is 2. The molecule has 0 aliphatic heterocycles. The molecule has 0 amide bonds. The number of carboxylic acids is 1. The van der Waals surface area contributed by atoms with E-state index in [9.17, 15) is 4.79 Å². The number of hydrogen-bond acceptors (Lipinski definition) is 4. The minimum absolute atomic E-state index is 0.0530. The minimum atomic E-state index is -0.843. The van der Waals surface area contributed by atoms with Crippen LogP contribution in [-0.2, 0) is 11.2 Å². The number of nitrogens with zero attached hydrogens (tertiary/aromatic N) is 2. The van der Waals surface area contributed by atoms with Gasteiger partial charge in [-0.1, -0.05) is 0 Å². The van der Waals surface area contributed by atoms with Gasteiger partial charge in [0.1, 0.15) is 11.6 Å². The molecule has 0 bridgehead atoms. The van der Waals surface area contributed by atoms with Crippen LogP contribution in [0, 0.1) is 13.8 Å². The normalized spacial score (nSPS) is 10.1. The van der Waals surface area contributed by atoms with Gasteiger partial charge in [0.15, 0.2) is 0 Å². The van der Waals surface area contributed by atoms with Gasteiger partial charge in [-0.15, -0.1) is 0 Å². The summed E-state index contributed by atoms with van der Waals surface area (Å²) in [7, 11) is 0. The van der Waals surface area contributed by atoms with Gasteiger partial charge in [-0.25, -0.2) is 9.97 Å². The zero-order valence-corrected chi connectivity index (χ0v) is 8.24. The van der Waals surface area contributed by atoms with Gasteiger partial charge in [0.05, 0.1) is 0 Å². The van der Waals surface area contributed by atoms with Crippen LogP contribution >= 0.6 is 0 Å². The highest BCUT2D eigenvalue weighted by molar-refractivity contribution is 5.67. The molecule has 0 aromatic carbocycles. The lowest BCUT2D eigenvalue weighted by molar-refractivity contribution is -0.136. The summed E-state index contributed by atoms with van der Waals surface area (Å²) in [6, 6.07) is 0. The van der Waals surface area contributed by atoms with Crippen LogP contribution in [-0.4, -0.2) is 21.0 Å². The number of carboxylic acid groups (broad SMARTS) is 1. The number of anilines is 1. The van der Waals surface area contributed by atoms with Crippen molar-refractivity contribution >= 4 is 11.8 Å². The van der Waals surface area contributed by atoms with E-state index in [2.05, 4.69) is 9.97 Å². The Morgan fingerprint density at radius 3 is 2.57 bits per heavy atom. The molecule has 0 aliphatic rings. The molecular weight excluding hydrogens is 182 g/mol. The van der Waals surface area contributed by atoms with E-state index >= 15 is 0 Å². The van der Waals surface area contributed by atoms with Gasteiger partial charge in [-0.05, 0) is 20.3 Å². The van der Waals surface area contributed by atoms with Crippen molar-refractivity contribution in [2.24, 2.45) is 0 Å². The first-order chi connectivity index (χ1) is 6.50. The lowest BCUT2D eigenvalue weighted by Crippen LogP contribution is -2.07. The average molecular weight is 195 g/mol. The van der Waals surface area contributed by atoms with Crippen LogP contribution in [0.4, 0.5) is 5.82 Å². The average Bonchev–Trinajstić information content (AvgIpc) is 2.01. The fourth-order valence-corrected chi connectivity index (χ4v) is 1.30. The van der Waals surface area contributed by atoms with E-state index in [1.165, 1.54) is 0 Å². The maximum atomic E-state index is 10.4. The molecule has 1 rings (SSSR count). The molecule has 76 valence electrons. The molecule has 0 fully saturated rings. The Kier molecular flexibility index (Phi) is 3.01. The Morgan fingerprint density at radius 2 is 2.07 bits per heavy atom. The smallest absolute Gasteiger partial charge is 0.303 e. The Balaban J connectivity index is 2.91. The van der Waals surface area contributed by atoms with Crippen molar-refractivity contribution in [1.82, 2.24) is 9.97 Å². The number of nitrogen functional groups attached to an aromatic ring is 1. The second-order valence-corrected chi connectivity index (χ2v) is 3.11. The van der Waals surface area contributed by atoms with E-state index in [1.54, 1.807) is 6.92 Å². The molecule has 0 aliphatic carbocycles. The summed E-state index contributed by atoms with van der Waals surface area (Å²) in [4.78, 5) is 18.5. The number of carbonyl (C=O) groups is 1. The molecule has 1 heterocycles. The Bertz CT molecular complexity index is 340. The summed E-state index contributed by atoms with van der Waals surface area (Å²) in [5, 5.41) is 8.53. The Morgan fingerprint density at radius 1 is 1.43 bits per heavy atom. The Labute approximate surface area is 82.0 Å². The lowest BCUT2D eigenvalue weighted by atomic mass is 10.1. The molecule has 1 aromatic rings. The second kappa shape index (κ2) is 4.04. The predicted octanol–water partition coefficient (Wildman–Crippen LogP) is 0.693. The maximum absolute atomic E-state index is 10.4. The molecule has 5 nitrogen and oxygen atoms in total. The first-order valence-electron chi connectivity index (χ1n) is 4.32. The van der Waals surface area contributed by atoms with Crippen molar-refractivity contribution in [1.29, 1.82) is 0 Å². The minimum Gasteiger partial charge on any atom is -0.481 e. The first-order valence-corrected chi connectivity index (χ1v) is 4.32. The fourth-order valence-electron chi connectivity index (χ4n) is 1.30. The molecule has 3 N–H and O–H groups in total. The van der Waals surface area contributed by atoms with E-state index in [0.717, 1.165) is 11.3 Å². The third kappa shape index (κ3) is 2.42. The number of hydrogen-bond donors (Lipinski definition) is 2. The van der Waals surface area contributed by atoms with Gasteiger partial charge in [0.25, 0.3) is 0 Å². The van der Waals surface area contributed by atoms with E-state index < -0.39 is 5.97 Å². The molecule has 0 saturated carbocycles. The van der Waals surface area contributed by atoms with E-state index in [1.807, 2.05) is 6.92 Å². The van der Waals surface area contributed by atoms with Crippen LogP contribution in [0.15, 0.2) is 0 Å². The molecule has 1 aromatic heterocycles. The largest absolute Gasteiger partial charge is 0.481 e. The number of rotatable bonds is 3. The summed E-state index contributed by atoms with van der Waals surface area (Å²) in [6.45, 7) is 3.56. The third-order valence-electron chi connectivity index (χ3n) is 1.95. The number of aryl methyl sites for hydroxylation is 2. The highest BCUT2D eigenvalue weighted by Gasteiger charge is 2.08. The number of aliphatic carboxylic acids is 1. The van der Waals surface area contributed by atoms with Crippen molar-refractivity contribution in [3.63, 3.8) is 0 Å². The van der Waals surface area contributed by atoms with Crippen LogP contribution in [0.2, 0.25) is 0 Å². The van der Waals surface area contributed by atoms with Crippen molar-refractivity contribution < 1.29 is 9.90 Å². The molecular formula is C9H13N3O2. The fraction of sp³-hybridized carbons (Fsp3) is 0.444. The zero-order chi connectivity index (χ0) is 10.7. The molecule has 0 atom stereocenters. The standard InChI is InChI=1S/C9H13N3O2/c1-5-7(3-4-8(13)14)9(10)12-6(2)11-5/h3-4H2,1-2H3,(H,13,14)(H2,10,11,12). The first kappa shape index (κ1) is 10.4. The molecule has 14 heavy (non-hydrogen) atoms. The van der Waals surface area contributed by atoms with Crippen molar-refractivity contribution in [2.45, 2.75) is 26.7 Å². The highest BCUT2D eigenvalue weighted by atomic mass is 16.4. The van der Waals surface area contributed by atoms with Crippen molar-refractivity contribution in [3.8, 4) is 0 Å². The van der Waals surface area contributed by atoms with E-state index in [0.29, 0.717) is 18.1 Å². The van der Waals surface area contributed by atoms with Crippen LogP contribution in [0.1, 0.15) is 23.5 Å². The lowest BCUT2D eigenvalue weighted by Gasteiger charge is -2.07. The van der Waals surface area contributed by atoms with Crippen LogP contribution in [0.25, 0.3) is 0 Å². The molecule has 0 spiro atoms. The molecule has 0 unspecified atom stereocenters. The molecule has 0 saturated heterocycles. The maximum Gasteiger partial charge on any atom is 0.303 e. The quantitative estimate of drug-likeness (QED) is 0.740. The SMILES string of the molecule is Cc1nc(C)c(CCC(=O)O)c(N)n1. The summed E-state index contributed by atoms with van der Waals surface area (Å²) < 4.78 is 0. The number of nitrogens with two attached hydrogens (primary N) is 1. The van der Waals surface area contributed by atoms with Crippen LogP contribution in [0.5, 0.6) is 0 Å². The van der Waals surface area contributed by atoms with Crippen LogP contribution in [0.3, 0.4) is 0 Å². The van der Waals surface area contributed by atoms with E-state index in [4.69, 9.17) is 10.8 Å². The van der Waals surface area contributed by atoms with Crippen molar-refractivity contribution in [3.05, 3.63) is 17.1 Å². The Hall–Kier alpha value is -1.65. The zero-order valence-electron chi connectivity index (χ0n) is 8.24. The topological polar surface area (TPSA) is 89.1 Å². The third-order valence-corrected chi connectivity index (χ3v) is 1.95. The second-order valence-electron chi connectivity index (χ2n) is 3.11. The predicted molar refractivity (Wildman–Crippen MR) is 51.9 cm³/mol. The summed E-state index contributed by atoms with van der Waals surface area (Å²) >= 11 is 0. The van der Waals surface area contributed by atoms with Crippen molar-refractivity contribution in [2.75, 3.05) is 5.73 Å². The van der Waals surface area contributed by atoms with Gasteiger partial charge in [0, 0.05) is 17.7 Å². The molecule has 0 radical (unpaired) electrons. The summed E-state index contributed by atoms with van der Waals surface area (Å²) in [5.74, 6) is 0.153. The summed E-state index contributed by atoms with van der Waals surface area (Å²) in [6.07, 6.45) is 0.435. The van der Waals surface area contributed by atoms with Gasteiger partial charge in [-0.2, -0.15) is 0 Å². The van der Waals surface area contributed by atoms with Gasteiger partial charge >= 0.3 is 5.97 Å². The van der Waals surface area contributed by atoms with E-state index in [-0.39, 0.29) is 6.42 Å². The van der Waals surface area contributed by atoms with Crippen LogP contribution < -0.4 is 5.73 Å². The van der Waals surface area contributed by atoms with Gasteiger partial charge in [0.2, 0.25) is 0 Å². The van der Waals surface area contributed by atoms with Gasteiger partial charge in [-0.3, -0.25) is 4.79 Å². The molecule has 5 heteroatoms.